The van der Waals surface area contributed by atoms with Gasteiger partial charge in [-0.25, -0.2) is 0 Å². The number of rotatable bonds is 6. The summed E-state index contributed by atoms with van der Waals surface area (Å²) in [5.74, 6) is 1.45. The van der Waals surface area contributed by atoms with Gasteiger partial charge in [0.15, 0.2) is 5.82 Å². The maximum Gasteiger partial charge on any atom is 0.416 e. The Morgan fingerprint density at radius 3 is 2.52 bits per heavy atom. The fourth-order valence-electron chi connectivity index (χ4n) is 2.31. The number of alkyl halides is 3. The van der Waals surface area contributed by atoms with E-state index in [4.69, 9.17) is 4.52 Å². The zero-order valence-corrected chi connectivity index (χ0v) is 13.4. The first-order valence-electron chi connectivity index (χ1n) is 7.41. The number of halogens is 3. The van der Waals surface area contributed by atoms with Gasteiger partial charge in [-0.3, -0.25) is 4.90 Å². The van der Waals surface area contributed by atoms with Gasteiger partial charge in [0.25, 0.3) is 0 Å². The van der Waals surface area contributed by atoms with Gasteiger partial charge in [0.1, 0.15) is 0 Å². The first-order chi connectivity index (χ1) is 10.8. The smallest absolute Gasteiger partial charge is 0.338 e. The van der Waals surface area contributed by atoms with Crippen LogP contribution < -0.4 is 0 Å². The summed E-state index contributed by atoms with van der Waals surface area (Å²) in [4.78, 5) is 5.98. The van der Waals surface area contributed by atoms with E-state index in [0.717, 1.165) is 6.07 Å². The number of hydrogen-bond acceptors (Lipinski definition) is 4. The molecule has 7 heteroatoms. The van der Waals surface area contributed by atoms with Crippen LogP contribution in [0.5, 0.6) is 0 Å². The third-order valence-electron chi connectivity index (χ3n) is 3.27. The highest BCUT2D eigenvalue weighted by Crippen LogP contribution is 2.32. The Kier molecular flexibility index (Phi) is 5.41. The molecular formula is C16H20F3N3O. The van der Waals surface area contributed by atoms with E-state index >= 15 is 0 Å². The van der Waals surface area contributed by atoms with Crippen molar-refractivity contribution in [2.24, 2.45) is 5.92 Å². The molecule has 0 aliphatic rings. The van der Waals surface area contributed by atoms with Gasteiger partial charge in [0, 0.05) is 13.0 Å². The maximum absolute atomic E-state index is 13.0. The molecule has 0 amide bonds. The predicted octanol–water partition coefficient (Wildman–Crippen LogP) is 3.92. The monoisotopic (exact) mass is 327 g/mol. The number of aromatic nitrogens is 2. The number of hydrogen-bond donors (Lipinski definition) is 0. The summed E-state index contributed by atoms with van der Waals surface area (Å²) < 4.78 is 44.1. The molecule has 1 heterocycles. The topological polar surface area (TPSA) is 42.2 Å². The molecule has 2 rings (SSSR count). The lowest BCUT2D eigenvalue weighted by atomic mass is 10.1. The Balaban J connectivity index is 2.03. The van der Waals surface area contributed by atoms with Crippen LogP contribution >= 0.6 is 0 Å². The van der Waals surface area contributed by atoms with E-state index in [9.17, 15) is 13.2 Å². The predicted molar refractivity (Wildman–Crippen MR) is 79.5 cm³/mol. The Hall–Kier alpha value is -1.89. The molecule has 0 fully saturated rings. The third-order valence-corrected chi connectivity index (χ3v) is 3.27. The van der Waals surface area contributed by atoms with Crippen molar-refractivity contribution in [1.82, 2.24) is 15.0 Å². The summed E-state index contributed by atoms with van der Waals surface area (Å²) in [6, 6.07) is 5.57. The van der Waals surface area contributed by atoms with Gasteiger partial charge >= 0.3 is 6.18 Å². The molecule has 0 unspecified atom stereocenters. The van der Waals surface area contributed by atoms with Gasteiger partial charge in [-0.15, -0.1) is 0 Å². The fraction of sp³-hybridized carbons (Fsp3) is 0.500. The fourth-order valence-corrected chi connectivity index (χ4v) is 2.31. The molecule has 0 spiro atoms. The highest BCUT2D eigenvalue weighted by atomic mass is 19.4. The molecule has 0 atom stereocenters. The Bertz CT molecular complexity index is 637. The van der Waals surface area contributed by atoms with Crippen LogP contribution in [0.25, 0.3) is 0 Å². The lowest BCUT2D eigenvalue weighted by Crippen LogP contribution is -2.20. The molecule has 4 nitrogen and oxygen atoms in total. The summed E-state index contributed by atoms with van der Waals surface area (Å²) in [6.07, 6.45) is -3.64. The van der Waals surface area contributed by atoms with Crippen molar-refractivity contribution in [2.45, 2.75) is 39.5 Å². The summed E-state index contributed by atoms with van der Waals surface area (Å²) in [5.41, 5.74) is -0.387. The summed E-state index contributed by atoms with van der Waals surface area (Å²) in [6.45, 7) is 4.56. The zero-order valence-electron chi connectivity index (χ0n) is 13.4. The Morgan fingerprint density at radius 1 is 1.17 bits per heavy atom. The van der Waals surface area contributed by atoms with Crippen LogP contribution in [-0.4, -0.2) is 22.1 Å². The van der Waals surface area contributed by atoms with E-state index in [0.29, 0.717) is 30.6 Å². The normalized spacial score (nSPS) is 12.3. The average Bonchev–Trinajstić information content (AvgIpc) is 2.84. The molecule has 2 aromatic rings. The van der Waals surface area contributed by atoms with Crippen LogP contribution in [0.2, 0.25) is 0 Å². The summed E-state index contributed by atoms with van der Waals surface area (Å²) in [7, 11) is 1.72. The lowest BCUT2D eigenvalue weighted by molar-refractivity contribution is -0.138. The zero-order chi connectivity index (χ0) is 17.0. The van der Waals surface area contributed by atoms with Gasteiger partial charge in [0.2, 0.25) is 5.89 Å². The van der Waals surface area contributed by atoms with Crippen molar-refractivity contribution < 1.29 is 17.7 Å². The minimum atomic E-state index is -4.35. The number of benzene rings is 1. The molecule has 0 aliphatic carbocycles. The van der Waals surface area contributed by atoms with Gasteiger partial charge in [-0.05, 0) is 24.6 Å². The Labute approximate surface area is 133 Å². The van der Waals surface area contributed by atoms with Crippen molar-refractivity contribution in [2.75, 3.05) is 7.05 Å². The molecule has 0 saturated carbocycles. The van der Waals surface area contributed by atoms with Crippen LogP contribution in [0.4, 0.5) is 13.2 Å². The van der Waals surface area contributed by atoms with Crippen LogP contribution in [-0.2, 0) is 25.7 Å². The highest BCUT2D eigenvalue weighted by molar-refractivity contribution is 5.29. The molecule has 126 valence electrons. The second-order valence-electron chi connectivity index (χ2n) is 6.03. The average molecular weight is 327 g/mol. The second-order valence-corrected chi connectivity index (χ2v) is 6.03. The second kappa shape index (κ2) is 7.12. The standard InChI is InChI=1S/C16H20F3N3O/c1-11(2)8-14-20-15(23-21-14)10-22(3)9-12-6-4-5-7-13(12)16(17,18)19/h4-7,11H,8-10H2,1-3H3. The lowest BCUT2D eigenvalue weighted by Gasteiger charge is -2.18. The van der Waals surface area contributed by atoms with Crippen molar-refractivity contribution in [3.63, 3.8) is 0 Å². The molecule has 1 aromatic heterocycles. The van der Waals surface area contributed by atoms with Gasteiger partial charge < -0.3 is 4.52 Å². The minimum Gasteiger partial charge on any atom is -0.338 e. The molecule has 0 radical (unpaired) electrons. The van der Waals surface area contributed by atoms with Gasteiger partial charge in [0.05, 0.1) is 12.1 Å². The van der Waals surface area contributed by atoms with Crippen molar-refractivity contribution >= 4 is 0 Å². The van der Waals surface area contributed by atoms with E-state index in [1.807, 2.05) is 0 Å². The molecule has 0 aliphatic heterocycles. The molecule has 0 N–H and O–H groups in total. The third kappa shape index (κ3) is 5.06. The summed E-state index contributed by atoms with van der Waals surface area (Å²) >= 11 is 0. The molecule has 0 saturated heterocycles. The van der Waals surface area contributed by atoms with E-state index in [1.165, 1.54) is 12.1 Å². The van der Waals surface area contributed by atoms with Crippen molar-refractivity contribution in [3.8, 4) is 0 Å². The first-order valence-corrected chi connectivity index (χ1v) is 7.41. The highest BCUT2D eigenvalue weighted by Gasteiger charge is 2.33. The molecular weight excluding hydrogens is 307 g/mol. The molecule has 1 aromatic carbocycles. The van der Waals surface area contributed by atoms with E-state index in [-0.39, 0.29) is 12.1 Å². The SMILES string of the molecule is CC(C)Cc1noc(CN(C)Cc2ccccc2C(F)(F)F)n1. The molecule has 23 heavy (non-hydrogen) atoms. The van der Waals surface area contributed by atoms with Gasteiger partial charge in [-0.1, -0.05) is 37.2 Å². The van der Waals surface area contributed by atoms with Crippen LogP contribution in [0, 0.1) is 5.92 Å². The van der Waals surface area contributed by atoms with Crippen molar-refractivity contribution in [3.05, 3.63) is 47.1 Å². The first kappa shape index (κ1) is 17.5. The van der Waals surface area contributed by atoms with E-state index in [2.05, 4.69) is 24.0 Å². The number of nitrogens with zero attached hydrogens (tertiary/aromatic N) is 3. The van der Waals surface area contributed by atoms with Gasteiger partial charge in [-0.2, -0.15) is 18.2 Å². The van der Waals surface area contributed by atoms with E-state index in [1.54, 1.807) is 18.0 Å². The molecule has 0 bridgehead atoms. The quantitative estimate of drug-likeness (QED) is 0.806. The maximum atomic E-state index is 13.0. The summed E-state index contributed by atoms with van der Waals surface area (Å²) in [5, 5.41) is 3.88. The Morgan fingerprint density at radius 2 is 1.87 bits per heavy atom. The van der Waals surface area contributed by atoms with Crippen LogP contribution in [0.3, 0.4) is 0 Å². The van der Waals surface area contributed by atoms with Crippen molar-refractivity contribution in [1.29, 1.82) is 0 Å². The van der Waals surface area contributed by atoms with Crippen LogP contribution in [0.1, 0.15) is 36.7 Å². The van der Waals surface area contributed by atoms with E-state index < -0.39 is 11.7 Å². The largest absolute Gasteiger partial charge is 0.416 e. The minimum absolute atomic E-state index is 0.150. The van der Waals surface area contributed by atoms with Crippen LogP contribution in [0.15, 0.2) is 28.8 Å².